The van der Waals surface area contributed by atoms with Crippen LogP contribution in [-0.2, 0) is 0 Å². The maximum atomic E-state index is 8.91. The van der Waals surface area contributed by atoms with Crippen LogP contribution in [-0.4, -0.2) is 12.0 Å². The molecule has 0 unspecified atom stereocenters. The first kappa shape index (κ1) is 9.75. The number of fused-ring (bicyclic) bond motifs is 1. The van der Waals surface area contributed by atoms with Gasteiger partial charge in [0, 0.05) is 17.5 Å². The van der Waals surface area contributed by atoms with Crippen molar-refractivity contribution in [2.45, 2.75) is 0 Å². The van der Waals surface area contributed by atoms with Crippen LogP contribution in [0.3, 0.4) is 0 Å². The Kier molecular flexibility index (Phi) is 2.44. The van der Waals surface area contributed by atoms with Crippen molar-refractivity contribution in [3.05, 3.63) is 34.9 Å². The van der Waals surface area contributed by atoms with Gasteiger partial charge in [-0.3, -0.25) is 0 Å². The number of halogens is 1. The standard InChI is InChI=1S/C11H8ClN3/c1-14-11-8(6-13)4-7-2-3-9(12)5-10(7)15-11/h2-5H,1H3,(H,14,15). The van der Waals surface area contributed by atoms with E-state index in [-0.39, 0.29) is 0 Å². The second kappa shape index (κ2) is 3.76. The van der Waals surface area contributed by atoms with Crippen molar-refractivity contribution >= 4 is 28.3 Å². The van der Waals surface area contributed by atoms with E-state index in [0.717, 1.165) is 10.9 Å². The van der Waals surface area contributed by atoms with Crippen LogP contribution in [0, 0.1) is 11.3 Å². The number of hydrogen-bond donors (Lipinski definition) is 1. The van der Waals surface area contributed by atoms with Gasteiger partial charge >= 0.3 is 0 Å². The van der Waals surface area contributed by atoms with Crippen molar-refractivity contribution in [1.29, 1.82) is 5.26 Å². The van der Waals surface area contributed by atoms with Crippen molar-refractivity contribution < 1.29 is 0 Å². The molecule has 1 aromatic heterocycles. The number of rotatable bonds is 1. The SMILES string of the molecule is CNc1nc2cc(Cl)ccc2cc1C#N. The van der Waals surface area contributed by atoms with E-state index >= 15 is 0 Å². The Hall–Kier alpha value is -1.79. The number of nitrogens with zero attached hydrogens (tertiary/aromatic N) is 2. The Bertz CT molecular complexity index is 557. The van der Waals surface area contributed by atoms with Crippen LogP contribution in [0.25, 0.3) is 10.9 Å². The average Bonchev–Trinajstić information content (AvgIpc) is 2.27. The molecular formula is C11H8ClN3. The van der Waals surface area contributed by atoms with Crippen molar-refractivity contribution in [2.75, 3.05) is 12.4 Å². The van der Waals surface area contributed by atoms with E-state index in [9.17, 15) is 0 Å². The number of nitrogens with one attached hydrogen (secondary N) is 1. The van der Waals surface area contributed by atoms with Crippen LogP contribution in [0.4, 0.5) is 5.82 Å². The third-order valence-electron chi connectivity index (χ3n) is 2.14. The summed E-state index contributed by atoms with van der Waals surface area (Å²) in [6.45, 7) is 0. The molecule has 3 nitrogen and oxygen atoms in total. The van der Waals surface area contributed by atoms with Gasteiger partial charge in [-0.1, -0.05) is 17.7 Å². The third-order valence-corrected chi connectivity index (χ3v) is 2.37. The van der Waals surface area contributed by atoms with Crippen LogP contribution in [0.15, 0.2) is 24.3 Å². The van der Waals surface area contributed by atoms with Gasteiger partial charge in [0.1, 0.15) is 11.9 Å². The summed E-state index contributed by atoms with van der Waals surface area (Å²) in [5.74, 6) is 0.576. The molecule has 0 saturated heterocycles. The van der Waals surface area contributed by atoms with E-state index in [4.69, 9.17) is 16.9 Å². The van der Waals surface area contributed by atoms with Crippen LogP contribution >= 0.6 is 11.6 Å². The van der Waals surface area contributed by atoms with Gasteiger partial charge in [0.15, 0.2) is 0 Å². The first-order valence-corrected chi connectivity index (χ1v) is 4.80. The van der Waals surface area contributed by atoms with E-state index in [0.29, 0.717) is 16.4 Å². The zero-order valence-corrected chi connectivity index (χ0v) is 8.84. The lowest BCUT2D eigenvalue weighted by molar-refractivity contribution is 1.32. The number of anilines is 1. The molecule has 0 amide bonds. The summed E-state index contributed by atoms with van der Waals surface area (Å²) in [4.78, 5) is 4.31. The largest absolute Gasteiger partial charge is 0.372 e. The number of aromatic nitrogens is 1. The molecule has 2 aromatic rings. The Morgan fingerprint density at radius 2 is 2.20 bits per heavy atom. The predicted molar refractivity (Wildman–Crippen MR) is 61.0 cm³/mol. The maximum absolute atomic E-state index is 8.91. The summed E-state index contributed by atoms with van der Waals surface area (Å²) in [5.41, 5.74) is 1.32. The van der Waals surface area contributed by atoms with E-state index in [2.05, 4.69) is 16.4 Å². The monoisotopic (exact) mass is 217 g/mol. The smallest absolute Gasteiger partial charge is 0.144 e. The topological polar surface area (TPSA) is 48.7 Å². The minimum absolute atomic E-state index is 0.535. The highest BCUT2D eigenvalue weighted by atomic mass is 35.5. The van der Waals surface area contributed by atoms with Gasteiger partial charge in [-0.05, 0) is 18.2 Å². The predicted octanol–water partition coefficient (Wildman–Crippen LogP) is 2.80. The molecule has 0 fully saturated rings. The zero-order chi connectivity index (χ0) is 10.8. The van der Waals surface area contributed by atoms with Crippen LogP contribution in [0.5, 0.6) is 0 Å². The van der Waals surface area contributed by atoms with Crippen molar-refractivity contribution in [2.24, 2.45) is 0 Å². The van der Waals surface area contributed by atoms with Gasteiger partial charge in [0.05, 0.1) is 11.1 Å². The van der Waals surface area contributed by atoms with Crippen molar-refractivity contribution in [3.8, 4) is 6.07 Å². The molecule has 1 aromatic carbocycles. The number of pyridine rings is 1. The van der Waals surface area contributed by atoms with Gasteiger partial charge in [0.25, 0.3) is 0 Å². The minimum atomic E-state index is 0.535. The molecular weight excluding hydrogens is 210 g/mol. The first-order valence-electron chi connectivity index (χ1n) is 4.43. The van der Waals surface area contributed by atoms with Crippen molar-refractivity contribution in [3.63, 3.8) is 0 Å². The van der Waals surface area contributed by atoms with Gasteiger partial charge in [-0.15, -0.1) is 0 Å². The average molecular weight is 218 g/mol. The molecule has 4 heteroatoms. The molecule has 0 aliphatic carbocycles. The highest BCUT2D eigenvalue weighted by molar-refractivity contribution is 6.31. The molecule has 0 bridgehead atoms. The summed E-state index contributed by atoms with van der Waals surface area (Å²) in [6, 6.07) is 9.30. The summed E-state index contributed by atoms with van der Waals surface area (Å²) in [6.07, 6.45) is 0. The van der Waals surface area contributed by atoms with E-state index in [1.165, 1.54) is 0 Å². The minimum Gasteiger partial charge on any atom is -0.372 e. The fraction of sp³-hybridized carbons (Fsp3) is 0.0909. The second-order valence-corrected chi connectivity index (χ2v) is 3.52. The molecule has 0 atom stereocenters. The van der Waals surface area contributed by atoms with Crippen molar-refractivity contribution in [1.82, 2.24) is 4.98 Å². The number of hydrogen-bond acceptors (Lipinski definition) is 3. The normalized spacial score (nSPS) is 9.93. The number of nitriles is 1. The molecule has 0 aliphatic rings. The Morgan fingerprint density at radius 1 is 1.40 bits per heavy atom. The lowest BCUT2D eigenvalue weighted by Crippen LogP contribution is -1.96. The molecule has 15 heavy (non-hydrogen) atoms. The second-order valence-electron chi connectivity index (χ2n) is 3.08. The fourth-order valence-corrected chi connectivity index (χ4v) is 1.58. The van der Waals surface area contributed by atoms with Crippen LogP contribution in [0.2, 0.25) is 5.02 Å². The molecule has 0 aliphatic heterocycles. The summed E-state index contributed by atoms with van der Waals surface area (Å²) in [5, 5.41) is 13.3. The maximum Gasteiger partial charge on any atom is 0.144 e. The Balaban J connectivity index is 2.77. The van der Waals surface area contributed by atoms with Crippen LogP contribution < -0.4 is 5.32 Å². The molecule has 0 saturated carbocycles. The molecule has 1 N–H and O–H groups in total. The molecule has 0 radical (unpaired) electrons. The van der Waals surface area contributed by atoms with E-state index in [1.807, 2.05) is 6.07 Å². The quantitative estimate of drug-likeness (QED) is 0.799. The highest BCUT2D eigenvalue weighted by Crippen LogP contribution is 2.22. The molecule has 74 valence electrons. The molecule has 2 rings (SSSR count). The Morgan fingerprint density at radius 3 is 2.87 bits per heavy atom. The van der Waals surface area contributed by atoms with Gasteiger partial charge in [0.2, 0.25) is 0 Å². The molecule has 1 heterocycles. The fourth-order valence-electron chi connectivity index (χ4n) is 1.42. The Labute approximate surface area is 92.3 Å². The number of benzene rings is 1. The summed E-state index contributed by atoms with van der Waals surface area (Å²) >= 11 is 5.86. The van der Waals surface area contributed by atoms with Gasteiger partial charge < -0.3 is 5.32 Å². The summed E-state index contributed by atoms with van der Waals surface area (Å²) in [7, 11) is 1.74. The summed E-state index contributed by atoms with van der Waals surface area (Å²) < 4.78 is 0. The van der Waals surface area contributed by atoms with E-state index < -0.39 is 0 Å². The lowest BCUT2D eigenvalue weighted by atomic mass is 10.1. The molecule has 0 spiro atoms. The highest BCUT2D eigenvalue weighted by Gasteiger charge is 2.04. The van der Waals surface area contributed by atoms with E-state index in [1.54, 1.807) is 25.2 Å². The third kappa shape index (κ3) is 1.72. The lowest BCUT2D eigenvalue weighted by Gasteiger charge is -2.04. The first-order chi connectivity index (χ1) is 7.24. The van der Waals surface area contributed by atoms with Gasteiger partial charge in [-0.25, -0.2) is 4.98 Å². The van der Waals surface area contributed by atoms with Gasteiger partial charge in [-0.2, -0.15) is 5.26 Å². The van der Waals surface area contributed by atoms with Crippen LogP contribution in [0.1, 0.15) is 5.56 Å². The zero-order valence-electron chi connectivity index (χ0n) is 8.08.